The van der Waals surface area contributed by atoms with Gasteiger partial charge in [0, 0.05) is 5.75 Å². The maximum absolute atomic E-state index is 7.09. The molecule has 2 rings (SSSR count). The van der Waals surface area contributed by atoms with Crippen molar-refractivity contribution in [3.63, 3.8) is 0 Å². The molecule has 2 aromatic rings. The number of thioether (sulfide) groups is 1. The Morgan fingerprint density at radius 2 is 2.27 bits per heavy atom. The van der Waals surface area contributed by atoms with Crippen LogP contribution in [0.5, 0.6) is 0 Å². The summed E-state index contributed by atoms with van der Waals surface area (Å²) in [5, 5.41) is 7.17. The quantitative estimate of drug-likeness (QED) is 0.566. The van der Waals surface area contributed by atoms with Gasteiger partial charge in [-0.15, -0.1) is 17.0 Å². The first kappa shape index (κ1) is 11.9. The number of halogens is 1. The fourth-order valence-corrected chi connectivity index (χ4v) is 1.58. The summed E-state index contributed by atoms with van der Waals surface area (Å²) in [7, 11) is 0. The number of H-pyrrole nitrogens is 1. The Hall–Kier alpha value is -1.15. The van der Waals surface area contributed by atoms with Gasteiger partial charge in [-0.1, -0.05) is 11.8 Å². The van der Waals surface area contributed by atoms with Gasteiger partial charge in [-0.2, -0.15) is 0 Å². The molecule has 0 aliphatic rings. The van der Waals surface area contributed by atoms with E-state index in [-0.39, 0.29) is 22.1 Å². The molecule has 2 heterocycles. The zero-order valence-electron chi connectivity index (χ0n) is 7.60. The highest BCUT2D eigenvalue weighted by molar-refractivity contribution is 8.93. The van der Waals surface area contributed by atoms with Crippen LogP contribution >= 0.6 is 28.7 Å². The Morgan fingerprint density at radius 3 is 3.00 bits per heavy atom. The van der Waals surface area contributed by atoms with Crippen LogP contribution in [0.4, 0.5) is 0 Å². The number of nitrogens with two attached hydrogens (primary N) is 1. The second-order valence-corrected chi connectivity index (χ2v) is 3.59. The second kappa shape index (κ2) is 5.08. The standard InChI is InChI=1S/C7H8N6S.BrH/c8-7(9)14-1-4-5-6(12-2-10-4)13-3-11-5;/h2-3H,1H2,(H3,8,9)(H,10,11,12,13);1H. The lowest BCUT2D eigenvalue weighted by atomic mass is 10.4. The lowest BCUT2D eigenvalue weighted by molar-refractivity contribution is 1.12. The van der Waals surface area contributed by atoms with Gasteiger partial charge in [0.25, 0.3) is 0 Å². The SMILES string of the molecule is Br.N=C(N)SCc1ncnc2nc[nH]c12. The third-order valence-electron chi connectivity index (χ3n) is 1.67. The van der Waals surface area contributed by atoms with E-state index in [0.29, 0.717) is 11.4 Å². The summed E-state index contributed by atoms with van der Waals surface area (Å²) >= 11 is 1.23. The summed E-state index contributed by atoms with van der Waals surface area (Å²) < 4.78 is 0. The largest absolute Gasteiger partial charge is 0.379 e. The molecule has 2 aromatic heterocycles. The zero-order valence-corrected chi connectivity index (χ0v) is 10.1. The van der Waals surface area contributed by atoms with Crippen LogP contribution in [-0.2, 0) is 5.75 Å². The molecule has 0 bridgehead atoms. The van der Waals surface area contributed by atoms with Gasteiger partial charge in [0.15, 0.2) is 10.8 Å². The van der Waals surface area contributed by atoms with Crippen molar-refractivity contribution in [1.82, 2.24) is 19.9 Å². The molecular weight excluding hydrogens is 280 g/mol. The number of aromatic amines is 1. The fraction of sp³-hybridized carbons (Fsp3) is 0.143. The Balaban J connectivity index is 0.00000112. The Kier molecular flexibility index (Phi) is 4.04. The number of hydrogen-bond donors (Lipinski definition) is 3. The maximum atomic E-state index is 7.09. The molecule has 0 saturated carbocycles. The lowest BCUT2D eigenvalue weighted by Gasteiger charge is -1.99. The second-order valence-electron chi connectivity index (χ2n) is 2.57. The molecule has 0 aliphatic heterocycles. The highest BCUT2D eigenvalue weighted by Gasteiger charge is 2.05. The topological polar surface area (TPSA) is 104 Å². The van der Waals surface area contributed by atoms with Crippen molar-refractivity contribution in [3.8, 4) is 0 Å². The van der Waals surface area contributed by atoms with Crippen LogP contribution < -0.4 is 5.73 Å². The summed E-state index contributed by atoms with van der Waals surface area (Å²) in [6.45, 7) is 0. The van der Waals surface area contributed by atoms with Crippen LogP contribution in [0.1, 0.15) is 5.69 Å². The van der Waals surface area contributed by atoms with Crippen molar-refractivity contribution in [2.45, 2.75) is 5.75 Å². The predicted octanol–water partition coefficient (Wildman–Crippen LogP) is 1.06. The first-order chi connectivity index (χ1) is 6.77. The summed E-state index contributed by atoms with van der Waals surface area (Å²) in [6.07, 6.45) is 3.03. The average Bonchev–Trinajstić information content (AvgIpc) is 2.62. The van der Waals surface area contributed by atoms with Crippen LogP contribution in [0.25, 0.3) is 11.2 Å². The first-order valence-electron chi connectivity index (χ1n) is 3.87. The van der Waals surface area contributed by atoms with Crippen LogP contribution in [0.15, 0.2) is 12.7 Å². The monoisotopic (exact) mass is 288 g/mol. The third-order valence-corrected chi connectivity index (χ3v) is 2.39. The van der Waals surface area contributed by atoms with Crippen molar-refractivity contribution >= 4 is 45.1 Å². The highest BCUT2D eigenvalue weighted by Crippen LogP contribution is 2.15. The molecule has 15 heavy (non-hydrogen) atoms. The molecule has 0 aliphatic carbocycles. The number of amidine groups is 1. The van der Waals surface area contributed by atoms with Crippen LogP contribution in [0, 0.1) is 5.41 Å². The van der Waals surface area contributed by atoms with E-state index < -0.39 is 0 Å². The molecule has 0 amide bonds. The Morgan fingerprint density at radius 1 is 1.47 bits per heavy atom. The minimum atomic E-state index is 0. The van der Waals surface area contributed by atoms with Gasteiger partial charge in [0.05, 0.1) is 12.0 Å². The van der Waals surface area contributed by atoms with E-state index in [2.05, 4.69) is 19.9 Å². The molecular formula is C7H9BrN6S. The minimum absolute atomic E-state index is 0. The van der Waals surface area contributed by atoms with Crippen molar-refractivity contribution in [2.24, 2.45) is 5.73 Å². The van der Waals surface area contributed by atoms with Crippen molar-refractivity contribution < 1.29 is 0 Å². The maximum Gasteiger partial charge on any atom is 0.180 e. The molecule has 0 unspecified atom stereocenters. The van der Waals surface area contributed by atoms with E-state index in [0.717, 1.165) is 11.2 Å². The Bertz CT molecular complexity index is 469. The van der Waals surface area contributed by atoms with E-state index in [9.17, 15) is 0 Å². The van der Waals surface area contributed by atoms with Gasteiger partial charge in [0.1, 0.15) is 11.8 Å². The molecule has 4 N–H and O–H groups in total. The van der Waals surface area contributed by atoms with Crippen LogP contribution in [0.2, 0.25) is 0 Å². The summed E-state index contributed by atoms with van der Waals surface area (Å²) in [5.74, 6) is 0.552. The molecule has 0 fully saturated rings. The molecule has 8 heteroatoms. The first-order valence-corrected chi connectivity index (χ1v) is 4.85. The number of aromatic nitrogens is 4. The summed E-state index contributed by atoms with van der Waals surface area (Å²) in [6, 6.07) is 0. The summed E-state index contributed by atoms with van der Waals surface area (Å²) in [5.41, 5.74) is 7.49. The number of nitrogens with zero attached hydrogens (tertiary/aromatic N) is 3. The fourth-order valence-electron chi connectivity index (χ4n) is 1.07. The van der Waals surface area contributed by atoms with Gasteiger partial charge < -0.3 is 10.7 Å². The third kappa shape index (κ3) is 2.66. The van der Waals surface area contributed by atoms with Crippen LogP contribution in [0.3, 0.4) is 0 Å². The molecule has 0 saturated heterocycles. The number of imidazole rings is 1. The van der Waals surface area contributed by atoms with E-state index in [1.165, 1.54) is 18.1 Å². The normalized spacial score (nSPS) is 9.87. The molecule has 0 aromatic carbocycles. The molecule has 80 valence electrons. The van der Waals surface area contributed by atoms with Crippen LogP contribution in [-0.4, -0.2) is 25.1 Å². The molecule has 0 radical (unpaired) electrons. The average molecular weight is 289 g/mol. The van der Waals surface area contributed by atoms with Gasteiger partial charge in [0.2, 0.25) is 0 Å². The van der Waals surface area contributed by atoms with E-state index in [1.807, 2.05) is 0 Å². The van der Waals surface area contributed by atoms with Crippen molar-refractivity contribution in [2.75, 3.05) is 0 Å². The van der Waals surface area contributed by atoms with E-state index in [1.54, 1.807) is 6.33 Å². The van der Waals surface area contributed by atoms with Gasteiger partial charge >= 0.3 is 0 Å². The van der Waals surface area contributed by atoms with Gasteiger partial charge in [-0.05, 0) is 0 Å². The van der Waals surface area contributed by atoms with Gasteiger partial charge in [-0.25, -0.2) is 15.0 Å². The molecule has 6 nitrogen and oxygen atoms in total. The van der Waals surface area contributed by atoms with Gasteiger partial charge in [-0.3, -0.25) is 5.41 Å². The minimum Gasteiger partial charge on any atom is -0.379 e. The van der Waals surface area contributed by atoms with E-state index in [4.69, 9.17) is 11.1 Å². The predicted molar refractivity (Wildman–Crippen MR) is 65.2 cm³/mol. The molecule has 0 atom stereocenters. The Labute approximate surface area is 100 Å². The number of rotatable bonds is 2. The highest BCUT2D eigenvalue weighted by atomic mass is 79.9. The lowest BCUT2D eigenvalue weighted by Crippen LogP contribution is -2.04. The zero-order chi connectivity index (χ0) is 9.97. The molecule has 0 spiro atoms. The van der Waals surface area contributed by atoms with Crippen molar-refractivity contribution in [1.29, 1.82) is 5.41 Å². The van der Waals surface area contributed by atoms with E-state index >= 15 is 0 Å². The van der Waals surface area contributed by atoms with Crippen molar-refractivity contribution in [3.05, 3.63) is 18.3 Å². The summed E-state index contributed by atoms with van der Waals surface area (Å²) in [4.78, 5) is 15.0. The smallest absolute Gasteiger partial charge is 0.180 e. The number of nitrogens with one attached hydrogen (secondary N) is 2. The number of fused-ring (bicyclic) bond motifs is 1. The number of hydrogen-bond acceptors (Lipinski definition) is 5.